The van der Waals surface area contributed by atoms with Crippen LogP contribution < -0.4 is 0 Å². The first-order chi connectivity index (χ1) is 22.3. The van der Waals surface area contributed by atoms with Crippen LogP contribution in [0.1, 0.15) is 0 Å². The Morgan fingerprint density at radius 2 is 0.867 bits per heavy atom. The smallest absolute Gasteiger partial charge is 0.137 e. The number of hydrogen-bond donors (Lipinski definition) is 0. The molecular formula is C42H26N2O. The molecule has 0 saturated heterocycles. The third-order valence-corrected chi connectivity index (χ3v) is 9.31. The molecule has 10 rings (SSSR count). The lowest BCUT2D eigenvalue weighted by molar-refractivity contribution is 0.668. The van der Waals surface area contributed by atoms with Gasteiger partial charge in [0, 0.05) is 49.8 Å². The van der Waals surface area contributed by atoms with E-state index >= 15 is 0 Å². The van der Waals surface area contributed by atoms with Crippen molar-refractivity contribution in [3.05, 3.63) is 158 Å². The van der Waals surface area contributed by atoms with Crippen molar-refractivity contribution in [2.45, 2.75) is 0 Å². The minimum atomic E-state index is 0.885. The van der Waals surface area contributed by atoms with Crippen LogP contribution in [-0.2, 0) is 0 Å². The van der Waals surface area contributed by atoms with Crippen LogP contribution in [0.15, 0.2) is 162 Å². The molecule has 0 aliphatic rings. The molecule has 3 nitrogen and oxygen atoms in total. The molecule has 0 atom stereocenters. The molecule has 0 amide bonds. The molecule has 3 heteroatoms. The summed E-state index contributed by atoms with van der Waals surface area (Å²) in [4.78, 5) is 0. The van der Waals surface area contributed by atoms with E-state index in [1.807, 2.05) is 0 Å². The van der Waals surface area contributed by atoms with Crippen LogP contribution >= 0.6 is 0 Å². The first kappa shape index (κ1) is 24.4. The lowest BCUT2D eigenvalue weighted by Crippen LogP contribution is -1.93. The Morgan fingerprint density at radius 1 is 0.311 bits per heavy atom. The zero-order valence-corrected chi connectivity index (χ0v) is 24.3. The maximum absolute atomic E-state index is 6.50. The lowest BCUT2D eigenvalue weighted by Gasteiger charge is -2.09. The van der Waals surface area contributed by atoms with Crippen molar-refractivity contribution in [3.8, 4) is 22.5 Å². The molecule has 0 radical (unpaired) electrons. The van der Waals surface area contributed by atoms with Gasteiger partial charge >= 0.3 is 0 Å². The molecule has 7 aromatic carbocycles. The zero-order valence-electron chi connectivity index (χ0n) is 24.3. The van der Waals surface area contributed by atoms with E-state index in [0.717, 1.165) is 33.3 Å². The standard InChI is InChI=1S/C42H26N2O/c1-2-10-27(11-3-1)28-18-22-40-35(24-28)33-14-6-9-17-39(33)43(40)29-20-23-41-36(25-29)34-21-19-30(26-42(34)45-41)44-37-15-7-4-12-31(37)32-13-5-8-16-38(32)44/h1-26H. The highest BCUT2D eigenvalue weighted by atomic mass is 16.3. The number of benzene rings is 7. The fraction of sp³-hybridized carbons (Fsp3) is 0. The maximum Gasteiger partial charge on any atom is 0.137 e. The van der Waals surface area contributed by atoms with E-state index < -0.39 is 0 Å². The van der Waals surface area contributed by atoms with Gasteiger partial charge < -0.3 is 13.6 Å². The van der Waals surface area contributed by atoms with Crippen LogP contribution in [0, 0.1) is 0 Å². The molecule has 3 heterocycles. The van der Waals surface area contributed by atoms with E-state index in [-0.39, 0.29) is 0 Å². The van der Waals surface area contributed by atoms with E-state index in [9.17, 15) is 0 Å². The lowest BCUT2D eigenvalue weighted by atomic mass is 10.0. The Hall–Kier alpha value is -6.06. The van der Waals surface area contributed by atoms with Gasteiger partial charge in [-0.25, -0.2) is 0 Å². The van der Waals surface area contributed by atoms with Gasteiger partial charge in [-0.1, -0.05) is 91.0 Å². The minimum Gasteiger partial charge on any atom is -0.456 e. The maximum atomic E-state index is 6.50. The summed E-state index contributed by atoms with van der Waals surface area (Å²) in [6, 6.07) is 56.5. The van der Waals surface area contributed by atoms with E-state index in [0.29, 0.717) is 0 Å². The summed E-state index contributed by atoms with van der Waals surface area (Å²) in [6.45, 7) is 0. The van der Waals surface area contributed by atoms with Crippen LogP contribution in [0.4, 0.5) is 0 Å². The van der Waals surface area contributed by atoms with Crippen molar-refractivity contribution >= 4 is 65.6 Å². The summed E-state index contributed by atoms with van der Waals surface area (Å²) in [5, 5.41) is 7.23. The Labute approximate surface area is 258 Å². The van der Waals surface area contributed by atoms with E-state index in [4.69, 9.17) is 4.42 Å². The Kier molecular flexibility index (Phi) is 5.00. The molecule has 0 spiro atoms. The topological polar surface area (TPSA) is 23.0 Å². The average molecular weight is 575 g/mol. The predicted molar refractivity (Wildman–Crippen MR) is 188 cm³/mol. The molecule has 0 aliphatic heterocycles. The van der Waals surface area contributed by atoms with Gasteiger partial charge in [-0.05, 0) is 71.8 Å². The first-order valence-corrected chi connectivity index (χ1v) is 15.4. The molecule has 0 aliphatic carbocycles. The summed E-state index contributed by atoms with van der Waals surface area (Å²) in [5.41, 5.74) is 11.2. The van der Waals surface area contributed by atoms with Crippen LogP contribution in [0.2, 0.25) is 0 Å². The summed E-state index contributed by atoms with van der Waals surface area (Å²) >= 11 is 0. The monoisotopic (exact) mass is 574 g/mol. The van der Waals surface area contributed by atoms with Gasteiger partial charge in [-0.3, -0.25) is 0 Å². The molecule has 0 saturated carbocycles. The fourth-order valence-electron chi connectivity index (χ4n) is 7.29. The van der Waals surface area contributed by atoms with Crippen LogP contribution in [0.3, 0.4) is 0 Å². The molecular weight excluding hydrogens is 548 g/mol. The SMILES string of the molecule is c1ccc(-c2ccc3c(c2)c2ccccc2n3-c2ccc3oc4cc(-n5c6ccccc6c6ccccc65)ccc4c3c2)cc1. The Balaban J connectivity index is 1.16. The second-order valence-corrected chi connectivity index (χ2v) is 11.8. The molecule has 10 aromatic rings. The number of furan rings is 1. The normalized spacial score (nSPS) is 12.0. The summed E-state index contributed by atoms with van der Waals surface area (Å²) in [6.07, 6.45) is 0. The van der Waals surface area contributed by atoms with Gasteiger partial charge in [-0.2, -0.15) is 0 Å². The Morgan fingerprint density at radius 3 is 1.56 bits per heavy atom. The van der Waals surface area contributed by atoms with Crippen LogP contribution in [-0.4, -0.2) is 9.13 Å². The summed E-state index contributed by atoms with van der Waals surface area (Å²) < 4.78 is 11.2. The molecule has 210 valence electrons. The Bertz CT molecular complexity index is 2710. The molecule has 3 aromatic heterocycles. The highest BCUT2D eigenvalue weighted by Crippen LogP contribution is 2.38. The van der Waals surface area contributed by atoms with Gasteiger partial charge in [0.1, 0.15) is 11.2 Å². The fourth-order valence-corrected chi connectivity index (χ4v) is 7.29. The molecule has 0 N–H and O–H groups in total. The van der Waals surface area contributed by atoms with E-state index in [1.54, 1.807) is 0 Å². The highest BCUT2D eigenvalue weighted by molar-refractivity contribution is 6.12. The van der Waals surface area contributed by atoms with Gasteiger partial charge in [0.05, 0.1) is 22.1 Å². The third-order valence-electron chi connectivity index (χ3n) is 9.31. The summed E-state index contributed by atoms with van der Waals surface area (Å²) in [7, 11) is 0. The van der Waals surface area contributed by atoms with Crippen molar-refractivity contribution in [1.29, 1.82) is 0 Å². The largest absolute Gasteiger partial charge is 0.456 e. The van der Waals surface area contributed by atoms with Crippen LogP contribution in [0.5, 0.6) is 0 Å². The molecule has 0 fully saturated rings. The van der Waals surface area contributed by atoms with Crippen molar-refractivity contribution in [2.75, 3.05) is 0 Å². The van der Waals surface area contributed by atoms with Crippen molar-refractivity contribution in [1.82, 2.24) is 9.13 Å². The summed E-state index contributed by atoms with van der Waals surface area (Å²) in [5.74, 6) is 0. The quantitative estimate of drug-likeness (QED) is 0.206. The number of rotatable bonds is 3. The van der Waals surface area contributed by atoms with Gasteiger partial charge in [-0.15, -0.1) is 0 Å². The number of para-hydroxylation sites is 3. The van der Waals surface area contributed by atoms with Gasteiger partial charge in [0.25, 0.3) is 0 Å². The first-order valence-electron chi connectivity index (χ1n) is 15.4. The van der Waals surface area contributed by atoms with Crippen molar-refractivity contribution in [2.24, 2.45) is 0 Å². The van der Waals surface area contributed by atoms with Gasteiger partial charge in [0.2, 0.25) is 0 Å². The molecule has 45 heavy (non-hydrogen) atoms. The number of fused-ring (bicyclic) bond motifs is 9. The van der Waals surface area contributed by atoms with E-state index in [2.05, 4.69) is 167 Å². The molecule has 0 bridgehead atoms. The average Bonchev–Trinajstić information content (AvgIpc) is 3.75. The highest BCUT2D eigenvalue weighted by Gasteiger charge is 2.17. The van der Waals surface area contributed by atoms with E-state index in [1.165, 1.54) is 54.7 Å². The minimum absolute atomic E-state index is 0.885. The van der Waals surface area contributed by atoms with Crippen molar-refractivity contribution < 1.29 is 4.42 Å². The van der Waals surface area contributed by atoms with Crippen LogP contribution in [0.25, 0.3) is 88.1 Å². The zero-order chi connectivity index (χ0) is 29.5. The van der Waals surface area contributed by atoms with Gasteiger partial charge in [0.15, 0.2) is 0 Å². The number of aromatic nitrogens is 2. The predicted octanol–water partition coefficient (Wildman–Crippen LogP) is 11.4. The van der Waals surface area contributed by atoms with Crippen molar-refractivity contribution in [3.63, 3.8) is 0 Å². The third kappa shape index (κ3) is 3.52. The second kappa shape index (κ2) is 9.22. The number of hydrogen-bond acceptors (Lipinski definition) is 1. The second-order valence-electron chi connectivity index (χ2n) is 11.8. The molecule has 0 unspecified atom stereocenters. The number of nitrogens with zero attached hydrogens (tertiary/aromatic N) is 2.